The number of aromatic nitrogens is 3. The molecule has 3 heterocycles. The fraction of sp³-hybridized carbons (Fsp3) is 0.367. The molecule has 0 unspecified atom stereocenters. The summed E-state index contributed by atoms with van der Waals surface area (Å²) in [6.07, 6.45) is -4.60. The Morgan fingerprint density at radius 3 is 2.49 bits per heavy atom. The van der Waals surface area contributed by atoms with Gasteiger partial charge < -0.3 is 24.1 Å². The lowest BCUT2D eigenvalue weighted by Gasteiger charge is -2.26. The van der Waals surface area contributed by atoms with Gasteiger partial charge in [0, 0.05) is 36.8 Å². The van der Waals surface area contributed by atoms with E-state index in [-0.39, 0.29) is 11.5 Å². The molecule has 45 heavy (non-hydrogen) atoms. The summed E-state index contributed by atoms with van der Waals surface area (Å²) in [6.45, 7) is 6.32. The predicted octanol–water partition coefficient (Wildman–Crippen LogP) is 6.07. The van der Waals surface area contributed by atoms with Crippen molar-refractivity contribution in [1.29, 1.82) is 0 Å². The van der Waals surface area contributed by atoms with Crippen LogP contribution < -0.4 is 20.1 Å². The van der Waals surface area contributed by atoms with Crippen molar-refractivity contribution in [2.75, 3.05) is 57.2 Å². The number of methoxy groups -OCH3 is 1. The van der Waals surface area contributed by atoms with Gasteiger partial charge in [0.15, 0.2) is 23.1 Å². The molecule has 0 saturated carbocycles. The van der Waals surface area contributed by atoms with Gasteiger partial charge in [-0.25, -0.2) is 9.18 Å². The van der Waals surface area contributed by atoms with Gasteiger partial charge in [-0.1, -0.05) is 11.2 Å². The molecule has 3 N–H and O–H groups in total. The summed E-state index contributed by atoms with van der Waals surface area (Å²) in [5, 5.41) is 15.2. The molecule has 0 atom stereocenters. The van der Waals surface area contributed by atoms with E-state index in [0.29, 0.717) is 35.1 Å². The number of nitrogens with zero attached hydrogens (tertiary/aromatic N) is 3. The van der Waals surface area contributed by atoms with Gasteiger partial charge >= 0.3 is 12.2 Å². The molecule has 0 bridgehead atoms. The zero-order valence-corrected chi connectivity index (χ0v) is 24.8. The van der Waals surface area contributed by atoms with E-state index in [1.807, 2.05) is 18.2 Å². The Kier molecular flexibility index (Phi) is 9.29. The Labute approximate surface area is 255 Å². The van der Waals surface area contributed by atoms with Crippen LogP contribution in [0.4, 0.5) is 33.9 Å². The number of alkyl halides is 3. The van der Waals surface area contributed by atoms with Crippen LogP contribution in [0.1, 0.15) is 19.6 Å². The number of hydrogen-bond acceptors (Lipinski definition) is 8. The largest absolute Gasteiger partial charge is 0.493 e. The quantitative estimate of drug-likeness (QED) is 0.180. The number of urea groups is 1. The monoisotopic (exact) mass is 632 g/mol. The summed E-state index contributed by atoms with van der Waals surface area (Å²) >= 11 is 0. The Bertz CT molecular complexity index is 1630. The molecule has 4 aromatic rings. The van der Waals surface area contributed by atoms with Crippen LogP contribution in [-0.4, -0.2) is 79.0 Å². The molecule has 0 aliphatic carbocycles. The van der Waals surface area contributed by atoms with Gasteiger partial charge in [-0.05, 0) is 50.2 Å². The number of benzene rings is 2. The number of rotatable bonds is 10. The number of morpholine rings is 1. The maximum Gasteiger partial charge on any atom is 0.401 e. The molecule has 5 rings (SSSR count). The van der Waals surface area contributed by atoms with Gasteiger partial charge in [0.2, 0.25) is 0 Å². The van der Waals surface area contributed by atoms with E-state index in [1.54, 1.807) is 19.2 Å². The summed E-state index contributed by atoms with van der Waals surface area (Å²) in [5.41, 5.74) is -0.168. The number of ether oxygens (including phenoxy) is 3. The topological polar surface area (TPSA) is 127 Å². The number of hydrogen-bond donors (Lipinski definition) is 3. The number of anilines is 2. The van der Waals surface area contributed by atoms with Crippen LogP contribution in [0.5, 0.6) is 11.5 Å². The van der Waals surface area contributed by atoms with Crippen molar-refractivity contribution >= 4 is 17.5 Å². The number of nitrogens with one attached hydrogen (secondary N) is 3. The Morgan fingerprint density at radius 2 is 1.78 bits per heavy atom. The normalized spacial score (nSPS) is 14.3. The molecule has 2 aromatic heterocycles. The molecular weight excluding hydrogens is 600 g/mol. The van der Waals surface area contributed by atoms with Crippen molar-refractivity contribution in [3.63, 3.8) is 0 Å². The van der Waals surface area contributed by atoms with Crippen LogP contribution in [0.2, 0.25) is 0 Å². The molecule has 11 nitrogen and oxygen atoms in total. The average molecular weight is 633 g/mol. The number of H-pyrrole nitrogens is 1. The summed E-state index contributed by atoms with van der Waals surface area (Å²) in [6, 6.07) is 11.4. The van der Waals surface area contributed by atoms with Gasteiger partial charge in [0.25, 0.3) is 0 Å². The summed E-state index contributed by atoms with van der Waals surface area (Å²) in [4.78, 5) is 14.6. The molecule has 2 amide bonds. The first-order valence-corrected chi connectivity index (χ1v) is 14.0. The SMILES string of the molecule is COc1cc(-c2cc(-c3ccc(NC(=O)Nc4cc(C(C)(C)C(F)(F)F)on4)c(F)c3)n[nH]2)ccc1OCCN1CCOCC1. The highest BCUT2D eigenvalue weighted by molar-refractivity contribution is 5.99. The van der Waals surface area contributed by atoms with Crippen molar-refractivity contribution in [3.8, 4) is 34.0 Å². The van der Waals surface area contributed by atoms with Crippen LogP contribution in [0.3, 0.4) is 0 Å². The smallest absolute Gasteiger partial charge is 0.401 e. The van der Waals surface area contributed by atoms with Gasteiger partial charge in [-0.3, -0.25) is 15.3 Å². The first-order chi connectivity index (χ1) is 21.4. The Balaban J connectivity index is 1.20. The lowest BCUT2D eigenvalue weighted by molar-refractivity contribution is -0.185. The number of carbonyl (C=O) groups excluding carboxylic acids is 1. The van der Waals surface area contributed by atoms with Crippen LogP contribution >= 0.6 is 0 Å². The summed E-state index contributed by atoms with van der Waals surface area (Å²) < 4.78 is 76.3. The summed E-state index contributed by atoms with van der Waals surface area (Å²) in [5.74, 6) is -0.341. The van der Waals surface area contributed by atoms with Gasteiger partial charge in [-0.2, -0.15) is 18.3 Å². The molecule has 1 aliphatic rings. The van der Waals surface area contributed by atoms with E-state index in [9.17, 15) is 22.4 Å². The molecule has 2 aromatic carbocycles. The molecule has 1 fully saturated rings. The molecule has 0 spiro atoms. The van der Waals surface area contributed by atoms with Crippen LogP contribution in [0, 0.1) is 5.82 Å². The molecule has 0 radical (unpaired) electrons. The zero-order valence-electron chi connectivity index (χ0n) is 24.8. The van der Waals surface area contributed by atoms with Crippen molar-refractivity contribution in [3.05, 3.63) is 60.1 Å². The minimum atomic E-state index is -4.60. The van der Waals surface area contributed by atoms with Gasteiger partial charge in [0.05, 0.1) is 37.4 Å². The first kappa shape index (κ1) is 31.8. The Hall–Kier alpha value is -4.63. The average Bonchev–Trinajstić information content (AvgIpc) is 3.69. The second-order valence-electron chi connectivity index (χ2n) is 10.8. The Morgan fingerprint density at radius 1 is 1.02 bits per heavy atom. The molecule has 1 aliphatic heterocycles. The predicted molar refractivity (Wildman–Crippen MR) is 157 cm³/mol. The number of amides is 2. The van der Waals surface area contributed by atoms with Crippen molar-refractivity contribution in [1.82, 2.24) is 20.3 Å². The molecule has 15 heteroatoms. The van der Waals surface area contributed by atoms with E-state index < -0.39 is 29.2 Å². The zero-order chi connectivity index (χ0) is 32.2. The second kappa shape index (κ2) is 13.2. The lowest BCUT2D eigenvalue weighted by atomic mass is 9.89. The van der Waals surface area contributed by atoms with Crippen molar-refractivity contribution in [2.45, 2.75) is 25.4 Å². The standard InChI is InChI=1S/C30H32F4N6O5/c1-29(2,30(32,33)34)26-17-27(39-45-26)36-28(41)35-21-6-4-18(14-20(21)31)22-16-23(38-37-22)19-5-7-24(25(15-19)42-3)44-13-10-40-8-11-43-12-9-40/h4-7,14-17H,8-13H2,1-3H3,(H,37,38)(H2,35,36,39,41). The number of halogens is 4. The fourth-order valence-corrected chi connectivity index (χ4v) is 4.50. The maximum absolute atomic E-state index is 14.9. The van der Waals surface area contributed by atoms with E-state index in [2.05, 4.69) is 30.9 Å². The number of carbonyl (C=O) groups is 1. The minimum Gasteiger partial charge on any atom is -0.493 e. The first-order valence-electron chi connectivity index (χ1n) is 14.0. The molecule has 240 valence electrons. The van der Waals surface area contributed by atoms with E-state index in [1.165, 1.54) is 12.1 Å². The van der Waals surface area contributed by atoms with Crippen molar-refractivity contribution in [2.24, 2.45) is 0 Å². The van der Waals surface area contributed by atoms with E-state index in [4.69, 9.17) is 18.7 Å². The van der Waals surface area contributed by atoms with Gasteiger partial charge in [-0.15, -0.1) is 0 Å². The van der Waals surface area contributed by atoms with Crippen LogP contribution in [0.15, 0.2) is 53.1 Å². The van der Waals surface area contributed by atoms with Crippen LogP contribution in [0.25, 0.3) is 22.5 Å². The van der Waals surface area contributed by atoms with Gasteiger partial charge in [0.1, 0.15) is 17.8 Å². The third-order valence-corrected chi connectivity index (χ3v) is 7.41. The van der Waals surface area contributed by atoms with E-state index >= 15 is 0 Å². The highest BCUT2D eigenvalue weighted by atomic mass is 19.4. The molecular formula is C30H32F4N6O5. The minimum absolute atomic E-state index is 0.166. The van der Waals surface area contributed by atoms with Crippen LogP contribution in [-0.2, 0) is 10.2 Å². The third kappa shape index (κ3) is 7.37. The van der Waals surface area contributed by atoms with Crippen molar-refractivity contribution < 1.29 is 41.1 Å². The highest BCUT2D eigenvalue weighted by Gasteiger charge is 2.51. The van der Waals surface area contributed by atoms with E-state index in [0.717, 1.165) is 58.3 Å². The number of aromatic amines is 1. The summed E-state index contributed by atoms with van der Waals surface area (Å²) in [7, 11) is 1.56. The lowest BCUT2D eigenvalue weighted by Crippen LogP contribution is -2.38. The second-order valence-corrected chi connectivity index (χ2v) is 10.8. The molecule has 1 saturated heterocycles. The maximum atomic E-state index is 14.9. The fourth-order valence-electron chi connectivity index (χ4n) is 4.50. The third-order valence-electron chi connectivity index (χ3n) is 7.41. The highest BCUT2D eigenvalue weighted by Crippen LogP contribution is 2.41.